The van der Waals surface area contributed by atoms with Crippen molar-refractivity contribution in [3.05, 3.63) is 101 Å². The van der Waals surface area contributed by atoms with E-state index in [1.807, 2.05) is 56.3 Å². The van der Waals surface area contributed by atoms with Gasteiger partial charge in [-0.1, -0.05) is 48.5 Å². The van der Waals surface area contributed by atoms with Crippen LogP contribution in [0.2, 0.25) is 0 Å². The molecule has 3 aromatic rings. The van der Waals surface area contributed by atoms with Crippen molar-refractivity contribution in [2.24, 2.45) is 0 Å². The minimum Gasteiger partial charge on any atom is -0.489 e. The second-order valence-corrected chi connectivity index (χ2v) is 7.96. The first kappa shape index (κ1) is 23.1. The fourth-order valence-corrected chi connectivity index (χ4v) is 3.48. The molecular formula is C27H29N3O2. The number of nitriles is 1. The number of hydrogen-bond acceptors (Lipinski definition) is 4. The fourth-order valence-electron chi connectivity index (χ4n) is 3.48. The summed E-state index contributed by atoms with van der Waals surface area (Å²) in [5.41, 5.74) is 4.34. The molecule has 0 radical (unpaired) electrons. The van der Waals surface area contributed by atoms with Crippen LogP contribution < -0.4 is 4.74 Å². The molecule has 5 heteroatoms. The van der Waals surface area contributed by atoms with Crippen molar-refractivity contribution in [1.82, 2.24) is 9.80 Å². The van der Waals surface area contributed by atoms with Crippen LogP contribution in [-0.4, -0.2) is 36.3 Å². The zero-order valence-electron chi connectivity index (χ0n) is 18.9. The third kappa shape index (κ3) is 6.19. The molecule has 1 amide bonds. The third-order valence-electron chi connectivity index (χ3n) is 5.18. The number of rotatable bonds is 9. The van der Waals surface area contributed by atoms with Gasteiger partial charge in [0, 0.05) is 30.8 Å². The van der Waals surface area contributed by atoms with Crippen LogP contribution in [0.4, 0.5) is 0 Å². The first-order chi connectivity index (χ1) is 15.5. The van der Waals surface area contributed by atoms with Gasteiger partial charge >= 0.3 is 0 Å². The lowest BCUT2D eigenvalue weighted by atomic mass is 10.1. The van der Waals surface area contributed by atoms with E-state index in [2.05, 4.69) is 35.2 Å². The second kappa shape index (κ2) is 11.1. The topological polar surface area (TPSA) is 56.6 Å². The van der Waals surface area contributed by atoms with E-state index in [0.717, 1.165) is 17.7 Å². The number of amides is 1. The maximum Gasteiger partial charge on any atom is 0.254 e. The van der Waals surface area contributed by atoms with Crippen LogP contribution in [0.15, 0.2) is 72.8 Å². The van der Waals surface area contributed by atoms with Crippen molar-refractivity contribution in [2.45, 2.75) is 26.6 Å². The molecule has 0 saturated heterocycles. The Morgan fingerprint density at radius 2 is 1.62 bits per heavy atom. The third-order valence-corrected chi connectivity index (χ3v) is 5.18. The molecule has 0 aliphatic carbocycles. The molecule has 32 heavy (non-hydrogen) atoms. The zero-order valence-corrected chi connectivity index (χ0v) is 18.9. The van der Waals surface area contributed by atoms with Gasteiger partial charge in [-0.25, -0.2) is 0 Å². The van der Waals surface area contributed by atoms with Gasteiger partial charge in [-0.2, -0.15) is 5.26 Å². The average molecular weight is 428 g/mol. The van der Waals surface area contributed by atoms with Crippen LogP contribution in [0.1, 0.15) is 39.5 Å². The van der Waals surface area contributed by atoms with Crippen LogP contribution >= 0.6 is 0 Å². The molecule has 3 rings (SSSR count). The number of benzene rings is 3. The summed E-state index contributed by atoms with van der Waals surface area (Å²) >= 11 is 0. The molecule has 0 heterocycles. The molecule has 0 aliphatic rings. The highest BCUT2D eigenvalue weighted by Crippen LogP contribution is 2.19. The Morgan fingerprint density at radius 3 is 2.28 bits per heavy atom. The van der Waals surface area contributed by atoms with E-state index in [0.29, 0.717) is 30.0 Å². The predicted octanol–water partition coefficient (Wildman–Crippen LogP) is 4.86. The first-order valence-corrected chi connectivity index (χ1v) is 10.7. The van der Waals surface area contributed by atoms with Crippen molar-refractivity contribution in [2.75, 3.05) is 20.6 Å². The van der Waals surface area contributed by atoms with E-state index >= 15 is 0 Å². The second-order valence-electron chi connectivity index (χ2n) is 7.96. The summed E-state index contributed by atoms with van der Waals surface area (Å²) < 4.78 is 5.88. The van der Waals surface area contributed by atoms with Crippen molar-refractivity contribution < 1.29 is 9.53 Å². The van der Waals surface area contributed by atoms with Gasteiger partial charge in [-0.05, 0) is 56.4 Å². The van der Waals surface area contributed by atoms with Gasteiger partial charge < -0.3 is 14.5 Å². The molecule has 5 nitrogen and oxygen atoms in total. The number of hydrogen-bond donors (Lipinski definition) is 0. The van der Waals surface area contributed by atoms with Gasteiger partial charge in [0.05, 0.1) is 11.6 Å². The van der Waals surface area contributed by atoms with Gasteiger partial charge in [0.15, 0.2) is 0 Å². The Balaban J connectivity index is 1.67. The van der Waals surface area contributed by atoms with Crippen LogP contribution in [0.25, 0.3) is 0 Å². The molecule has 164 valence electrons. The minimum atomic E-state index is -0.0345. The average Bonchev–Trinajstić information content (AvgIpc) is 2.82. The quantitative estimate of drug-likeness (QED) is 0.489. The first-order valence-electron chi connectivity index (χ1n) is 10.7. The SMILES string of the molecule is CCN(Cc1ccc(CN(C)C)cc1)C(=O)c1cccc(OCc2ccccc2C#N)c1. The van der Waals surface area contributed by atoms with Gasteiger partial charge in [-0.3, -0.25) is 4.79 Å². The summed E-state index contributed by atoms with van der Waals surface area (Å²) in [5, 5.41) is 9.24. The van der Waals surface area contributed by atoms with Crippen molar-refractivity contribution in [1.29, 1.82) is 5.26 Å². The number of carbonyl (C=O) groups is 1. The lowest BCUT2D eigenvalue weighted by Gasteiger charge is -2.22. The monoisotopic (exact) mass is 427 g/mol. The van der Waals surface area contributed by atoms with E-state index < -0.39 is 0 Å². The van der Waals surface area contributed by atoms with Crippen LogP contribution in [0.3, 0.4) is 0 Å². The molecule has 0 unspecified atom stereocenters. The van der Waals surface area contributed by atoms with E-state index in [4.69, 9.17) is 4.74 Å². The molecule has 0 bridgehead atoms. The largest absolute Gasteiger partial charge is 0.489 e. The van der Waals surface area contributed by atoms with Crippen LogP contribution in [0, 0.1) is 11.3 Å². The smallest absolute Gasteiger partial charge is 0.254 e. The summed E-state index contributed by atoms with van der Waals surface area (Å²) in [4.78, 5) is 17.1. The van der Waals surface area contributed by atoms with E-state index in [-0.39, 0.29) is 12.5 Å². The fraction of sp³-hybridized carbons (Fsp3) is 0.259. The number of carbonyl (C=O) groups excluding carboxylic acids is 1. The molecule has 0 atom stereocenters. The van der Waals surface area contributed by atoms with Gasteiger partial charge in [0.25, 0.3) is 5.91 Å². The van der Waals surface area contributed by atoms with Crippen molar-refractivity contribution in [3.63, 3.8) is 0 Å². The lowest BCUT2D eigenvalue weighted by Crippen LogP contribution is -2.30. The van der Waals surface area contributed by atoms with E-state index in [9.17, 15) is 10.1 Å². The summed E-state index contributed by atoms with van der Waals surface area (Å²) in [6.45, 7) is 4.31. The normalized spacial score (nSPS) is 10.6. The maximum atomic E-state index is 13.1. The highest BCUT2D eigenvalue weighted by atomic mass is 16.5. The highest BCUT2D eigenvalue weighted by molar-refractivity contribution is 5.94. The number of ether oxygens (including phenoxy) is 1. The maximum absolute atomic E-state index is 13.1. The molecule has 0 spiro atoms. The summed E-state index contributed by atoms with van der Waals surface area (Å²) in [7, 11) is 4.09. The summed E-state index contributed by atoms with van der Waals surface area (Å²) in [6, 6.07) is 25.1. The van der Waals surface area contributed by atoms with Crippen molar-refractivity contribution >= 4 is 5.91 Å². The zero-order chi connectivity index (χ0) is 22.9. The number of nitrogens with zero attached hydrogens (tertiary/aromatic N) is 3. The Bertz CT molecular complexity index is 1080. The van der Waals surface area contributed by atoms with Gasteiger partial charge in [0.2, 0.25) is 0 Å². The minimum absolute atomic E-state index is 0.0345. The Morgan fingerprint density at radius 1 is 0.938 bits per heavy atom. The molecule has 0 fully saturated rings. The molecule has 0 aliphatic heterocycles. The summed E-state index contributed by atoms with van der Waals surface area (Å²) in [5.74, 6) is 0.570. The molecular weight excluding hydrogens is 398 g/mol. The lowest BCUT2D eigenvalue weighted by molar-refractivity contribution is 0.0752. The van der Waals surface area contributed by atoms with Gasteiger partial charge in [0.1, 0.15) is 12.4 Å². The highest BCUT2D eigenvalue weighted by Gasteiger charge is 2.15. The summed E-state index contributed by atoms with van der Waals surface area (Å²) in [6.07, 6.45) is 0. The predicted molar refractivity (Wildman–Crippen MR) is 126 cm³/mol. The van der Waals surface area contributed by atoms with Crippen LogP contribution in [-0.2, 0) is 19.7 Å². The Labute approximate surface area is 190 Å². The Hall–Kier alpha value is -3.62. The molecule has 0 aromatic heterocycles. The van der Waals surface area contributed by atoms with Crippen LogP contribution in [0.5, 0.6) is 5.75 Å². The standard InChI is InChI=1S/C27H29N3O2/c1-4-30(19-22-14-12-21(13-15-22)18-29(2)3)27(31)23-10-7-11-26(16-23)32-20-25-9-6-5-8-24(25)17-28/h5-16H,4,18-20H2,1-3H3. The van der Waals surface area contributed by atoms with Crippen molar-refractivity contribution in [3.8, 4) is 11.8 Å². The molecule has 0 saturated carbocycles. The van der Waals surface area contributed by atoms with E-state index in [1.165, 1.54) is 5.56 Å². The van der Waals surface area contributed by atoms with Gasteiger partial charge in [-0.15, -0.1) is 0 Å². The molecule has 0 N–H and O–H groups in total. The molecule has 3 aromatic carbocycles. The van der Waals surface area contributed by atoms with E-state index in [1.54, 1.807) is 18.2 Å². The Kier molecular flexibility index (Phi) is 8.02.